The monoisotopic (exact) mass is 286 g/mol. The summed E-state index contributed by atoms with van der Waals surface area (Å²) >= 11 is 1.46. The van der Waals surface area contributed by atoms with Crippen LogP contribution in [-0.4, -0.2) is 10.9 Å². The molecule has 1 N–H and O–H groups in total. The molecule has 1 amide bonds. The lowest BCUT2D eigenvalue weighted by Gasteiger charge is -2.22. The number of carbonyl (C=O) groups is 1. The number of thiazole rings is 1. The largest absolute Gasteiger partial charge is 0.301 e. The molecule has 1 saturated carbocycles. The first-order chi connectivity index (χ1) is 9.84. The Morgan fingerprint density at radius 2 is 2.00 bits per heavy atom. The van der Waals surface area contributed by atoms with Gasteiger partial charge in [-0.05, 0) is 24.3 Å². The normalized spacial score (nSPS) is 17.0. The average molecular weight is 286 g/mol. The Bertz CT molecular complexity index is 547. The fourth-order valence-electron chi connectivity index (χ4n) is 3.06. The summed E-state index contributed by atoms with van der Waals surface area (Å²) < 4.78 is 0. The molecule has 1 aromatic heterocycles. The summed E-state index contributed by atoms with van der Waals surface area (Å²) in [4.78, 5) is 16.8. The van der Waals surface area contributed by atoms with Gasteiger partial charge in [-0.15, -0.1) is 11.3 Å². The number of aromatic nitrogens is 1. The molecular formula is C16H18N2OS. The molecule has 4 heteroatoms. The molecule has 1 aliphatic carbocycles. The van der Waals surface area contributed by atoms with Crippen LogP contribution in [0.25, 0.3) is 0 Å². The van der Waals surface area contributed by atoms with Gasteiger partial charge in [0.05, 0.1) is 5.92 Å². The molecule has 0 radical (unpaired) electrons. The van der Waals surface area contributed by atoms with Crippen molar-refractivity contribution in [2.24, 2.45) is 5.92 Å². The molecule has 20 heavy (non-hydrogen) atoms. The van der Waals surface area contributed by atoms with Crippen LogP contribution in [0.3, 0.4) is 0 Å². The third-order valence-electron chi connectivity index (χ3n) is 3.97. The van der Waals surface area contributed by atoms with Gasteiger partial charge in [0.1, 0.15) is 0 Å². The van der Waals surface area contributed by atoms with Crippen LogP contribution in [-0.2, 0) is 4.79 Å². The zero-order valence-electron chi connectivity index (χ0n) is 11.3. The smallest absolute Gasteiger partial charge is 0.233 e. The van der Waals surface area contributed by atoms with Gasteiger partial charge in [0.15, 0.2) is 5.13 Å². The molecule has 0 aliphatic heterocycles. The van der Waals surface area contributed by atoms with Crippen LogP contribution in [0.15, 0.2) is 41.9 Å². The molecule has 0 bridgehead atoms. The van der Waals surface area contributed by atoms with E-state index in [2.05, 4.69) is 22.4 Å². The zero-order chi connectivity index (χ0) is 13.8. The number of amides is 1. The van der Waals surface area contributed by atoms with E-state index in [9.17, 15) is 4.79 Å². The highest BCUT2D eigenvalue weighted by atomic mass is 32.1. The van der Waals surface area contributed by atoms with E-state index < -0.39 is 0 Å². The maximum atomic E-state index is 12.7. The van der Waals surface area contributed by atoms with Gasteiger partial charge in [0.25, 0.3) is 0 Å². The predicted molar refractivity (Wildman–Crippen MR) is 81.9 cm³/mol. The lowest BCUT2D eigenvalue weighted by atomic mass is 9.84. The van der Waals surface area contributed by atoms with Gasteiger partial charge >= 0.3 is 0 Å². The third-order valence-corrected chi connectivity index (χ3v) is 4.66. The second kappa shape index (κ2) is 6.18. The molecule has 1 aromatic carbocycles. The van der Waals surface area contributed by atoms with Gasteiger partial charge in [-0.1, -0.05) is 43.2 Å². The molecule has 0 spiro atoms. The van der Waals surface area contributed by atoms with Crippen LogP contribution in [0.2, 0.25) is 0 Å². The number of benzene rings is 1. The molecule has 3 nitrogen and oxygen atoms in total. The standard InChI is InChI=1S/C16H18N2OS/c19-15(18-16-17-10-11-20-16)14(13-8-4-5-9-13)12-6-2-1-3-7-12/h1-3,6-7,10-11,13-14H,4-5,8-9H2,(H,17,18,19)/t14-/m1/s1. The second-order valence-corrected chi connectivity index (χ2v) is 6.15. The van der Waals surface area contributed by atoms with E-state index in [1.54, 1.807) is 6.20 Å². The summed E-state index contributed by atoms with van der Waals surface area (Å²) in [6, 6.07) is 10.1. The topological polar surface area (TPSA) is 42.0 Å². The van der Waals surface area contributed by atoms with Gasteiger partial charge in [-0.3, -0.25) is 4.79 Å². The van der Waals surface area contributed by atoms with Crippen molar-refractivity contribution in [2.75, 3.05) is 5.32 Å². The van der Waals surface area contributed by atoms with Crippen molar-refractivity contribution < 1.29 is 4.79 Å². The summed E-state index contributed by atoms with van der Waals surface area (Å²) in [5, 5.41) is 5.53. The molecule has 0 unspecified atom stereocenters. The van der Waals surface area contributed by atoms with Crippen LogP contribution in [0.4, 0.5) is 5.13 Å². The average Bonchev–Trinajstić information content (AvgIpc) is 3.14. The molecule has 2 aromatic rings. The lowest BCUT2D eigenvalue weighted by Crippen LogP contribution is -2.26. The fraction of sp³-hybridized carbons (Fsp3) is 0.375. The number of nitrogens with one attached hydrogen (secondary N) is 1. The van der Waals surface area contributed by atoms with Crippen molar-refractivity contribution in [2.45, 2.75) is 31.6 Å². The molecule has 1 aliphatic rings. The summed E-state index contributed by atoms with van der Waals surface area (Å²) in [6.07, 6.45) is 6.47. The minimum Gasteiger partial charge on any atom is -0.301 e. The Kier molecular flexibility index (Phi) is 4.11. The van der Waals surface area contributed by atoms with Crippen molar-refractivity contribution in [3.63, 3.8) is 0 Å². The Morgan fingerprint density at radius 3 is 2.65 bits per heavy atom. The van der Waals surface area contributed by atoms with E-state index in [-0.39, 0.29) is 11.8 Å². The first kappa shape index (κ1) is 13.3. The Hall–Kier alpha value is -1.68. The fourth-order valence-corrected chi connectivity index (χ4v) is 3.59. The van der Waals surface area contributed by atoms with E-state index in [0.717, 1.165) is 18.4 Å². The maximum Gasteiger partial charge on any atom is 0.233 e. The van der Waals surface area contributed by atoms with Gasteiger partial charge in [0.2, 0.25) is 5.91 Å². The Labute approximate surface area is 123 Å². The van der Waals surface area contributed by atoms with Gasteiger partial charge < -0.3 is 5.32 Å². The molecule has 1 fully saturated rings. The summed E-state index contributed by atoms with van der Waals surface area (Å²) in [7, 11) is 0. The summed E-state index contributed by atoms with van der Waals surface area (Å²) in [5.74, 6) is 0.484. The SMILES string of the molecule is O=C(Nc1nccs1)[C@H](c1ccccc1)C1CCCC1. The highest BCUT2D eigenvalue weighted by Crippen LogP contribution is 2.38. The molecule has 3 rings (SSSR count). The van der Waals surface area contributed by atoms with Crippen LogP contribution in [0.1, 0.15) is 37.2 Å². The first-order valence-electron chi connectivity index (χ1n) is 7.10. The minimum absolute atomic E-state index is 0.0531. The highest BCUT2D eigenvalue weighted by Gasteiger charge is 2.32. The minimum atomic E-state index is -0.0531. The quantitative estimate of drug-likeness (QED) is 0.921. The van der Waals surface area contributed by atoms with Crippen molar-refractivity contribution in [1.29, 1.82) is 0 Å². The van der Waals surface area contributed by atoms with Crippen molar-refractivity contribution in [1.82, 2.24) is 4.98 Å². The van der Waals surface area contributed by atoms with Gasteiger partial charge in [-0.2, -0.15) is 0 Å². The summed E-state index contributed by atoms with van der Waals surface area (Å²) in [5.41, 5.74) is 1.12. The van der Waals surface area contributed by atoms with Crippen LogP contribution < -0.4 is 5.32 Å². The molecule has 104 valence electrons. The molecule has 0 saturated heterocycles. The molecule has 1 heterocycles. The second-order valence-electron chi connectivity index (χ2n) is 5.26. The van der Waals surface area contributed by atoms with Crippen molar-refractivity contribution in [3.8, 4) is 0 Å². The van der Waals surface area contributed by atoms with Gasteiger partial charge in [0, 0.05) is 11.6 Å². The van der Waals surface area contributed by atoms with Crippen molar-refractivity contribution in [3.05, 3.63) is 47.5 Å². The number of rotatable bonds is 4. The number of hydrogen-bond acceptors (Lipinski definition) is 3. The van der Waals surface area contributed by atoms with E-state index in [1.165, 1.54) is 24.2 Å². The Balaban J connectivity index is 1.83. The lowest BCUT2D eigenvalue weighted by molar-refractivity contribution is -0.118. The van der Waals surface area contributed by atoms with Crippen LogP contribution >= 0.6 is 11.3 Å². The first-order valence-corrected chi connectivity index (χ1v) is 7.98. The maximum absolute atomic E-state index is 12.7. The predicted octanol–water partition coefficient (Wildman–Crippen LogP) is 4.06. The van der Waals surface area contributed by atoms with Crippen molar-refractivity contribution >= 4 is 22.4 Å². The molecular weight excluding hydrogens is 268 g/mol. The Morgan fingerprint density at radius 1 is 1.25 bits per heavy atom. The van der Waals surface area contributed by atoms with E-state index >= 15 is 0 Å². The van der Waals surface area contributed by atoms with Crippen LogP contribution in [0, 0.1) is 5.92 Å². The highest BCUT2D eigenvalue weighted by molar-refractivity contribution is 7.13. The van der Waals surface area contributed by atoms with E-state index in [4.69, 9.17) is 0 Å². The van der Waals surface area contributed by atoms with Gasteiger partial charge in [-0.25, -0.2) is 4.98 Å². The van der Waals surface area contributed by atoms with Crippen LogP contribution in [0.5, 0.6) is 0 Å². The third kappa shape index (κ3) is 2.90. The number of nitrogens with zero attached hydrogens (tertiary/aromatic N) is 1. The van der Waals surface area contributed by atoms with E-state index in [1.807, 2.05) is 23.6 Å². The molecule has 1 atom stereocenters. The summed E-state index contributed by atoms with van der Waals surface area (Å²) in [6.45, 7) is 0. The number of anilines is 1. The number of hydrogen-bond donors (Lipinski definition) is 1. The zero-order valence-corrected chi connectivity index (χ0v) is 12.1. The van der Waals surface area contributed by atoms with E-state index in [0.29, 0.717) is 11.0 Å². The number of carbonyl (C=O) groups excluding carboxylic acids is 1.